The van der Waals surface area contributed by atoms with E-state index >= 15 is 0 Å². The molecule has 7 nitrogen and oxygen atoms in total. The van der Waals surface area contributed by atoms with E-state index in [1.54, 1.807) is 38.9 Å². The molecular formula is C23H24N4O3. The number of benzene rings is 1. The fourth-order valence-corrected chi connectivity index (χ4v) is 3.63. The molecule has 1 aromatic carbocycles. The molecule has 0 bridgehead atoms. The zero-order valence-corrected chi connectivity index (χ0v) is 17.1. The highest BCUT2D eigenvalue weighted by Crippen LogP contribution is 2.33. The van der Waals surface area contributed by atoms with E-state index in [1.807, 2.05) is 35.2 Å². The maximum atomic E-state index is 13.3. The molecule has 1 aliphatic heterocycles. The normalized spacial score (nSPS) is 12.8. The fraction of sp³-hybridized carbons (Fsp3) is 0.261. The van der Waals surface area contributed by atoms with Gasteiger partial charge in [-0.25, -0.2) is 4.98 Å². The average Bonchev–Trinajstić information content (AvgIpc) is 2.81. The molecule has 1 aliphatic rings. The smallest absolute Gasteiger partial charge is 0.257 e. The molecule has 0 unspecified atom stereocenters. The highest BCUT2D eigenvalue weighted by atomic mass is 16.5. The summed E-state index contributed by atoms with van der Waals surface area (Å²) in [7, 11) is 3.25. The van der Waals surface area contributed by atoms with Gasteiger partial charge in [-0.15, -0.1) is 0 Å². The number of hydrogen-bond donors (Lipinski definition) is 1. The standard InChI is InChI=1S/C23H24N4O3/c1-29-20-12-17-7-11-27(15-18(17)13-21(20)30-2)23(28)19-4-3-8-25-22(19)26-14-16-5-9-24-10-6-16/h3-6,8-10,12-13H,7,11,14-15H2,1-2H3,(H,25,26). The number of amides is 1. The Labute approximate surface area is 175 Å². The molecular weight excluding hydrogens is 380 g/mol. The van der Waals surface area contributed by atoms with Gasteiger partial charge >= 0.3 is 0 Å². The first kappa shape index (κ1) is 19.7. The minimum Gasteiger partial charge on any atom is -0.493 e. The summed E-state index contributed by atoms with van der Waals surface area (Å²) in [6.07, 6.45) is 5.95. The Morgan fingerprint density at radius 2 is 1.80 bits per heavy atom. The maximum Gasteiger partial charge on any atom is 0.257 e. The minimum absolute atomic E-state index is 0.0410. The van der Waals surface area contributed by atoms with Gasteiger partial charge in [0.15, 0.2) is 11.5 Å². The molecule has 0 atom stereocenters. The molecule has 0 aliphatic carbocycles. The first-order valence-corrected chi connectivity index (χ1v) is 9.80. The monoisotopic (exact) mass is 404 g/mol. The number of hydrogen-bond acceptors (Lipinski definition) is 6. The molecule has 2 aromatic heterocycles. The second-order valence-electron chi connectivity index (χ2n) is 7.06. The van der Waals surface area contributed by atoms with Crippen molar-refractivity contribution in [2.24, 2.45) is 0 Å². The van der Waals surface area contributed by atoms with E-state index in [2.05, 4.69) is 15.3 Å². The van der Waals surface area contributed by atoms with Gasteiger partial charge in [0.2, 0.25) is 0 Å². The van der Waals surface area contributed by atoms with Crippen molar-refractivity contribution in [3.8, 4) is 11.5 Å². The number of anilines is 1. The van der Waals surface area contributed by atoms with Crippen molar-refractivity contribution in [2.75, 3.05) is 26.1 Å². The lowest BCUT2D eigenvalue weighted by Crippen LogP contribution is -2.36. The quantitative estimate of drug-likeness (QED) is 0.679. The number of carbonyl (C=O) groups is 1. The largest absolute Gasteiger partial charge is 0.493 e. The summed E-state index contributed by atoms with van der Waals surface area (Å²) in [5.41, 5.74) is 3.89. The van der Waals surface area contributed by atoms with Crippen LogP contribution in [-0.2, 0) is 19.5 Å². The third kappa shape index (κ3) is 4.05. The lowest BCUT2D eigenvalue weighted by Gasteiger charge is -2.30. The fourth-order valence-electron chi connectivity index (χ4n) is 3.63. The van der Waals surface area contributed by atoms with Crippen molar-refractivity contribution in [1.29, 1.82) is 0 Å². The van der Waals surface area contributed by atoms with Crippen molar-refractivity contribution in [3.63, 3.8) is 0 Å². The van der Waals surface area contributed by atoms with Crippen molar-refractivity contribution < 1.29 is 14.3 Å². The number of methoxy groups -OCH3 is 2. The van der Waals surface area contributed by atoms with Crippen LogP contribution >= 0.6 is 0 Å². The summed E-state index contributed by atoms with van der Waals surface area (Å²) < 4.78 is 10.8. The van der Waals surface area contributed by atoms with Crippen LogP contribution in [0.25, 0.3) is 0 Å². The summed E-state index contributed by atoms with van der Waals surface area (Å²) in [4.78, 5) is 23.6. The maximum absolute atomic E-state index is 13.3. The molecule has 30 heavy (non-hydrogen) atoms. The van der Waals surface area contributed by atoms with Crippen LogP contribution in [0, 0.1) is 0 Å². The molecule has 3 heterocycles. The van der Waals surface area contributed by atoms with Gasteiger partial charge in [-0.3, -0.25) is 9.78 Å². The number of fused-ring (bicyclic) bond motifs is 1. The predicted molar refractivity (Wildman–Crippen MR) is 114 cm³/mol. The summed E-state index contributed by atoms with van der Waals surface area (Å²) in [6.45, 7) is 1.73. The Bertz CT molecular complexity index is 1040. The van der Waals surface area contributed by atoms with Gasteiger partial charge in [0, 0.05) is 38.2 Å². The summed E-state index contributed by atoms with van der Waals surface area (Å²) in [6, 6.07) is 11.4. The number of nitrogens with zero attached hydrogens (tertiary/aromatic N) is 3. The average molecular weight is 404 g/mol. The molecule has 1 amide bonds. The first-order valence-electron chi connectivity index (χ1n) is 9.80. The molecule has 0 saturated heterocycles. The zero-order valence-electron chi connectivity index (χ0n) is 17.1. The van der Waals surface area contributed by atoms with E-state index in [0.29, 0.717) is 42.5 Å². The van der Waals surface area contributed by atoms with Crippen LogP contribution in [0.2, 0.25) is 0 Å². The SMILES string of the molecule is COc1cc2c(cc1OC)CN(C(=O)c1cccnc1NCc1ccncc1)CC2. The van der Waals surface area contributed by atoms with Crippen LogP contribution < -0.4 is 14.8 Å². The van der Waals surface area contributed by atoms with Crippen LogP contribution in [-0.4, -0.2) is 41.5 Å². The summed E-state index contributed by atoms with van der Waals surface area (Å²) in [5, 5.41) is 3.28. The third-order valence-corrected chi connectivity index (χ3v) is 5.25. The van der Waals surface area contributed by atoms with E-state index in [0.717, 1.165) is 17.5 Å². The van der Waals surface area contributed by atoms with Crippen molar-refractivity contribution in [3.05, 3.63) is 77.2 Å². The van der Waals surface area contributed by atoms with Crippen LogP contribution in [0.15, 0.2) is 55.0 Å². The van der Waals surface area contributed by atoms with Gasteiger partial charge in [-0.1, -0.05) is 0 Å². The second kappa shape index (κ2) is 8.82. The molecule has 1 N–H and O–H groups in total. The predicted octanol–water partition coefficient (Wildman–Crippen LogP) is 3.30. The number of aromatic nitrogens is 2. The molecule has 0 saturated carbocycles. The Kier molecular flexibility index (Phi) is 5.79. The Morgan fingerprint density at radius 3 is 2.53 bits per heavy atom. The van der Waals surface area contributed by atoms with Crippen molar-refractivity contribution in [2.45, 2.75) is 19.5 Å². The molecule has 0 radical (unpaired) electrons. The lowest BCUT2D eigenvalue weighted by atomic mass is 9.98. The van der Waals surface area contributed by atoms with E-state index < -0.39 is 0 Å². The first-order chi connectivity index (χ1) is 14.7. The molecule has 0 fully saturated rings. The topological polar surface area (TPSA) is 76.6 Å². The van der Waals surface area contributed by atoms with Gasteiger partial charge in [-0.2, -0.15) is 0 Å². The number of pyridine rings is 2. The van der Waals surface area contributed by atoms with Crippen LogP contribution in [0.3, 0.4) is 0 Å². The van der Waals surface area contributed by atoms with E-state index in [1.165, 1.54) is 5.56 Å². The molecule has 154 valence electrons. The summed E-state index contributed by atoms with van der Waals surface area (Å²) >= 11 is 0. The highest BCUT2D eigenvalue weighted by molar-refractivity contribution is 5.98. The van der Waals surface area contributed by atoms with E-state index in [9.17, 15) is 4.79 Å². The van der Waals surface area contributed by atoms with E-state index in [4.69, 9.17) is 9.47 Å². The molecule has 3 aromatic rings. The Balaban J connectivity index is 1.53. The van der Waals surface area contributed by atoms with Crippen LogP contribution in [0.5, 0.6) is 11.5 Å². The van der Waals surface area contributed by atoms with Gasteiger partial charge in [0.1, 0.15) is 5.82 Å². The Morgan fingerprint density at radius 1 is 1.07 bits per heavy atom. The van der Waals surface area contributed by atoms with Gasteiger partial charge in [0.25, 0.3) is 5.91 Å². The van der Waals surface area contributed by atoms with Crippen molar-refractivity contribution >= 4 is 11.7 Å². The Hall–Kier alpha value is -3.61. The van der Waals surface area contributed by atoms with Crippen LogP contribution in [0.4, 0.5) is 5.82 Å². The van der Waals surface area contributed by atoms with Crippen LogP contribution in [0.1, 0.15) is 27.0 Å². The number of carbonyl (C=O) groups excluding carboxylic acids is 1. The third-order valence-electron chi connectivity index (χ3n) is 5.25. The van der Waals surface area contributed by atoms with Gasteiger partial charge < -0.3 is 19.7 Å². The molecule has 0 spiro atoms. The summed E-state index contributed by atoms with van der Waals surface area (Å²) in [5.74, 6) is 1.93. The van der Waals surface area contributed by atoms with E-state index in [-0.39, 0.29) is 5.91 Å². The number of ether oxygens (including phenoxy) is 2. The second-order valence-corrected chi connectivity index (χ2v) is 7.06. The van der Waals surface area contributed by atoms with Gasteiger partial charge in [0.05, 0.1) is 19.8 Å². The number of nitrogens with one attached hydrogen (secondary N) is 1. The lowest BCUT2D eigenvalue weighted by molar-refractivity contribution is 0.0735. The molecule has 7 heteroatoms. The highest BCUT2D eigenvalue weighted by Gasteiger charge is 2.25. The molecule has 4 rings (SSSR count). The van der Waals surface area contributed by atoms with Gasteiger partial charge in [-0.05, 0) is 59.5 Å². The zero-order chi connectivity index (χ0) is 20.9. The minimum atomic E-state index is -0.0410. The van der Waals surface area contributed by atoms with Crippen molar-refractivity contribution in [1.82, 2.24) is 14.9 Å². The number of rotatable bonds is 6.